The van der Waals surface area contributed by atoms with E-state index < -0.39 is 12.1 Å². The molecular weight excluding hydrogens is 865 g/mol. The fraction of sp³-hybridized carbons (Fsp3) is 0.346. The van der Waals surface area contributed by atoms with Crippen LogP contribution in [0.3, 0.4) is 0 Å². The number of allylic oxidation sites excluding steroid dienone is 1. The highest BCUT2D eigenvalue weighted by Crippen LogP contribution is 2.49. The lowest BCUT2D eigenvalue weighted by Crippen LogP contribution is -2.43. The number of nitrogens with one attached hydrogen (secondary N) is 4. The SMILES string of the molecule is O=C(N[C@H](C(=O)N1CCC[C@H]1c1ncc(C2=CCC(c3ccc(-c4ccc(-c5cnc([C@@H]6CCCN6C(=O)[C@@H](NC(=O)C6CC6)c6ccccc6)[nH]5)s4)cc3)S2)[nH]1)c1ccccc1)C1CC1. The summed E-state index contributed by atoms with van der Waals surface area (Å²) in [6.45, 7) is 1.24. The first kappa shape index (κ1) is 42.4. The summed E-state index contributed by atoms with van der Waals surface area (Å²) in [5.41, 5.74) is 5.88. The minimum Gasteiger partial charge on any atom is -0.340 e. The van der Waals surface area contributed by atoms with E-state index in [4.69, 9.17) is 9.97 Å². The molecule has 6 aromatic rings. The molecule has 6 heterocycles. The number of likely N-dealkylation sites (tertiary alicyclic amines) is 2. The summed E-state index contributed by atoms with van der Waals surface area (Å²) in [5.74, 6) is 1.29. The van der Waals surface area contributed by atoms with Crippen LogP contribution in [0.2, 0.25) is 0 Å². The molecule has 12 nitrogen and oxygen atoms in total. The van der Waals surface area contributed by atoms with Crippen LogP contribution in [0.25, 0.3) is 25.9 Å². The maximum atomic E-state index is 14.1. The zero-order valence-electron chi connectivity index (χ0n) is 36.5. The van der Waals surface area contributed by atoms with Gasteiger partial charge in [0.15, 0.2) is 0 Å². The van der Waals surface area contributed by atoms with E-state index in [0.717, 1.165) is 112 Å². The van der Waals surface area contributed by atoms with Gasteiger partial charge in [-0.05, 0) is 92.2 Å². The van der Waals surface area contributed by atoms with Crippen molar-refractivity contribution < 1.29 is 19.2 Å². The first-order valence-corrected chi connectivity index (χ1v) is 25.0. The Labute approximate surface area is 392 Å². The maximum absolute atomic E-state index is 14.1. The number of H-pyrrole nitrogens is 2. The first-order chi connectivity index (χ1) is 32.3. The molecule has 2 saturated heterocycles. The van der Waals surface area contributed by atoms with Crippen LogP contribution >= 0.6 is 23.1 Å². The molecule has 3 aromatic carbocycles. The van der Waals surface area contributed by atoms with Crippen molar-refractivity contribution in [1.29, 1.82) is 0 Å². The molecule has 0 spiro atoms. The number of rotatable bonds is 14. The van der Waals surface area contributed by atoms with Gasteiger partial charge in [-0.2, -0.15) is 0 Å². The molecule has 1 unspecified atom stereocenters. The van der Waals surface area contributed by atoms with Crippen LogP contribution in [0.1, 0.15) is 121 Å². The summed E-state index contributed by atoms with van der Waals surface area (Å²) < 4.78 is 0. The standard InChI is InChI=1S/C52H52N8O4S2/c61-49(35-19-20-35)57-45(33-9-3-1-4-10-33)51(63)59-27-7-13-39(59)47-53-29-37(55-47)43-25-23-41(65-43)31-15-17-32(18-16-31)42-24-26-44(66-42)38-30-54-48(56-38)40-14-8-28-60(40)52(64)46(34-11-5-2-6-12-34)58-50(62)36-21-22-36/h1-6,9-12,15-18,23,25-26,29-30,35-36,39-40,42,45-46H,7-8,13-14,19-22,24,27-28H2,(H,53,55)(H,54,56)(H,57,61)(H,58,62)/t39-,40-,42?,45-,46-/m0/s1. The second kappa shape index (κ2) is 18.2. The van der Waals surface area contributed by atoms with Crippen molar-refractivity contribution in [3.05, 3.63) is 150 Å². The second-order valence-corrected chi connectivity index (χ2v) is 20.5. The molecule has 4 N–H and O–H groups in total. The van der Waals surface area contributed by atoms with Crippen molar-refractivity contribution in [1.82, 2.24) is 40.4 Å². The van der Waals surface area contributed by atoms with Crippen molar-refractivity contribution in [2.45, 2.75) is 87.2 Å². The molecule has 11 rings (SSSR count). The van der Waals surface area contributed by atoms with Gasteiger partial charge in [-0.15, -0.1) is 23.1 Å². The number of amides is 4. The van der Waals surface area contributed by atoms with Crippen molar-refractivity contribution in [2.24, 2.45) is 11.8 Å². The van der Waals surface area contributed by atoms with Gasteiger partial charge in [0, 0.05) is 40.0 Å². The third kappa shape index (κ3) is 8.76. The Hall–Kier alpha value is -6.25. The number of thioether (sulfide) groups is 1. The van der Waals surface area contributed by atoms with Gasteiger partial charge >= 0.3 is 0 Å². The molecular formula is C52H52N8O4S2. The minimum atomic E-state index is -0.725. The fourth-order valence-corrected chi connectivity index (χ4v) is 11.8. The van der Waals surface area contributed by atoms with Crippen molar-refractivity contribution in [3.63, 3.8) is 0 Å². The highest BCUT2D eigenvalue weighted by molar-refractivity contribution is 8.08. The van der Waals surface area contributed by atoms with E-state index in [0.29, 0.717) is 13.1 Å². The van der Waals surface area contributed by atoms with E-state index in [-0.39, 0.29) is 52.8 Å². The van der Waals surface area contributed by atoms with Crippen molar-refractivity contribution in [2.75, 3.05) is 13.1 Å². The molecule has 5 atom stereocenters. The van der Waals surface area contributed by atoms with Gasteiger partial charge in [0.2, 0.25) is 23.6 Å². The van der Waals surface area contributed by atoms with Crippen LogP contribution in [0.4, 0.5) is 0 Å². The largest absolute Gasteiger partial charge is 0.340 e. The molecule has 4 fully saturated rings. The normalized spacial score (nSPS) is 21.4. The van der Waals surface area contributed by atoms with Gasteiger partial charge in [-0.25, -0.2) is 9.97 Å². The molecule has 14 heteroatoms. The summed E-state index contributed by atoms with van der Waals surface area (Å²) in [6, 6.07) is 30.4. The molecule has 2 saturated carbocycles. The van der Waals surface area contributed by atoms with Gasteiger partial charge in [-0.1, -0.05) is 91.0 Å². The third-order valence-corrected chi connectivity index (χ3v) is 16.2. The Bertz CT molecular complexity index is 2780. The molecule has 3 aromatic heterocycles. The predicted molar refractivity (Wildman–Crippen MR) is 256 cm³/mol. The van der Waals surface area contributed by atoms with Crippen LogP contribution in [-0.2, 0) is 19.2 Å². The Balaban J connectivity index is 0.721. The summed E-state index contributed by atoms with van der Waals surface area (Å²) in [7, 11) is 0. The number of aromatic amines is 2. The average molecular weight is 917 g/mol. The minimum absolute atomic E-state index is 0.00511. The van der Waals surface area contributed by atoms with Crippen LogP contribution in [0.15, 0.2) is 116 Å². The molecule has 2 aliphatic carbocycles. The average Bonchev–Trinajstić information content (AvgIpc) is 3.83. The Morgan fingerprint density at radius 3 is 1.67 bits per heavy atom. The molecule has 336 valence electrons. The Kier molecular flexibility index (Phi) is 11.7. The zero-order valence-corrected chi connectivity index (χ0v) is 38.2. The third-order valence-electron chi connectivity index (χ3n) is 13.6. The maximum Gasteiger partial charge on any atom is 0.250 e. The van der Waals surface area contributed by atoms with Gasteiger partial charge in [0.1, 0.15) is 23.7 Å². The van der Waals surface area contributed by atoms with E-state index in [9.17, 15) is 19.2 Å². The number of benzene rings is 3. The van der Waals surface area contributed by atoms with Gasteiger partial charge < -0.3 is 30.4 Å². The van der Waals surface area contributed by atoms with Crippen molar-refractivity contribution >= 4 is 51.6 Å². The fourth-order valence-electron chi connectivity index (χ4n) is 9.64. The van der Waals surface area contributed by atoms with Crippen LogP contribution in [-0.4, -0.2) is 66.5 Å². The second-order valence-electron chi connectivity index (χ2n) is 18.2. The molecule has 3 aliphatic heterocycles. The number of thiophene rings is 1. The lowest BCUT2D eigenvalue weighted by molar-refractivity contribution is -0.138. The molecule has 5 aliphatic rings. The van der Waals surface area contributed by atoms with Crippen LogP contribution < -0.4 is 10.6 Å². The Morgan fingerprint density at radius 1 is 0.606 bits per heavy atom. The molecule has 66 heavy (non-hydrogen) atoms. The predicted octanol–water partition coefficient (Wildman–Crippen LogP) is 9.61. The summed E-state index contributed by atoms with van der Waals surface area (Å²) >= 11 is 3.54. The van der Waals surface area contributed by atoms with E-state index in [2.05, 4.69) is 63.1 Å². The monoisotopic (exact) mass is 916 g/mol. The number of imidazole rings is 2. The molecule has 0 radical (unpaired) electrons. The zero-order chi connectivity index (χ0) is 44.7. The first-order valence-electron chi connectivity index (χ1n) is 23.3. The number of hydrogen-bond donors (Lipinski definition) is 4. The van der Waals surface area contributed by atoms with E-state index >= 15 is 0 Å². The summed E-state index contributed by atoms with van der Waals surface area (Å²) in [4.78, 5) is 77.9. The van der Waals surface area contributed by atoms with Gasteiger partial charge in [0.05, 0.1) is 40.7 Å². The quantitative estimate of drug-likeness (QED) is 0.0848. The van der Waals surface area contributed by atoms with E-state index in [1.807, 2.05) is 94.6 Å². The van der Waals surface area contributed by atoms with E-state index in [1.165, 1.54) is 5.56 Å². The van der Waals surface area contributed by atoms with Crippen LogP contribution in [0, 0.1) is 11.8 Å². The smallest absolute Gasteiger partial charge is 0.250 e. The lowest BCUT2D eigenvalue weighted by Gasteiger charge is -2.28. The summed E-state index contributed by atoms with van der Waals surface area (Å²) in [6.07, 6.45) is 13.8. The number of hydrogen-bond acceptors (Lipinski definition) is 8. The number of aromatic nitrogens is 4. The van der Waals surface area contributed by atoms with Gasteiger partial charge in [-0.3, -0.25) is 19.2 Å². The van der Waals surface area contributed by atoms with Crippen molar-refractivity contribution in [3.8, 4) is 21.0 Å². The van der Waals surface area contributed by atoms with Gasteiger partial charge in [0.25, 0.3) is 0 Å². The highest BCUT2D eigenvalue weighted by atomic mass is 32.2. The number of nitrogens with zero attached hydrogens (tertiary/aromatic N) is 4. The summed E-state index contributed by atoms with van der Waals surface area (Å²) in [5, 5.41) is 6.40. The van der Waals surface area contributed by atoms with E-state index in [1.54, 1.807) is 11.3 Å². The molecule has 0 bridgehead atoms. The van der Waals surface area contributed by atoms with Crippen LogP contribution in [0.5, 0.6) is 0 Å². The number of carbonyl (C=O) groups is 4. The number of carbonyl (C=O) groups excluding carboxylic acids is 4. The lowest BCUT2D eigenvalue weighted by atomic mass is 10.0. The topological polar surface area (TPSA) is 156 Å². The Morgan fingerprint density at radius 2 is 1.12 bits per heavy atom. The highest BCUT2D eigenvalue weighted by Gasteiger charge is 2.41. The molecule has 4 amide bonds.